The Morgan fingerprint density at radius 2 is 2.04 bits per heavy atom. The highest BCUT2D eigenvalue weighted by Gasteiger charge is 2.19. The molecule has 0 bridgehead atoms. The van der Waals surface area contributed by atoms with Crippen molar-refractivity contribution in [1.82, 2.24) is 14.3 Å². The third-order valence-electron chi connectivity index (χ3n) is 3.77. The molecule has 0 spiro atoms. The first-order valence-corrected chi connectivity index (χ1v) is 9.54. The molecular weight excluding hydrogens is 395 g/mol. The molecule has 3 aromatic rings. The summed E-state index contributed by atoms with van der Waals surface area (Å²) in [4.78, 5) is 31.5. The highest BCUT2D eigenvalue weighted by Crippen LogP contribution is 2.29. The number of imidazole rings is 1. The molecule has 3 rings (SSSR count). The lowest BCUT2D eigenvalue weighted by molar-refractivity contribution is -0.133. The number of hydrogen-bond donors (Lipinski definition) is 1. The molecule has 136 valence electrons. The maximum Gasteiger partial charge on any atom is 0.244 e. The fraction of sp³-hybridized carbons (Fsp3) is 0.235. The number of fused-ring (bicyclic) bond motifs is 1. The first kappa shape index (κ1) is 18.7. The summed E-state index contributed by atoms with van der Waals surface area (Å²) in [6, 6.07) is 4.96. The Hall–Kier alpha value is -2.09. The summed E-state index contributed by atoms with van der Waals surface area (Å²) in [6.07, 6.45) is 3.85. The van der Waals surface area contributed by atoms with E-state index < -0.39 is 0 Å². The number of amides is 2. The predicted octanol–water partition coefficient (Wildman–Crippen LogP) is 3.73. The molecule has 0 aliphatic heterocycles. The van der Waals surface area contributed by atoms with Gasteiger partial charge in [-0.3, -0.25) is 14.0 Å². The maximum atomic E-state index is 12.5. The summed E-state index contributed by atoms with van der Waals surface area (Å²) < 4.78 is 1.87. The molecule has 26 heavy (non-hydrogen) atoms. The lowest BCUT2D eigenvalue weighted by atomic mass is 10.2. The van der Waals surface area contributed by atoms with Gasteiger partial charge in [-0.1, -0.05) is 29.3 Å². The molecule has 2 heterocycles. The Morgan fingerprint density at radius 3 is 2.69 bits per heavy atom. The maximum absolute atomic E-state index is 12.5. The average molecular weight is 411 g/mol. The standard InChI is InChI=1S/C17H16Cl2N4O2S/c1-2-22(10-14(24)21-16-12(18)4-3-5-13(16)19)15(25)8-11-9-23-6-7-26-17(23)20-11/h3-7,9H,2,8,10H2,1H3,(H,21,24). The molecule has 0 fully saturated rings. The SMILES string of the molecule is CCN(CC(=O)Nc1c(Cl)cccc1Cl)C(=O)Cc1cn2ccsc2n1. The number of halogens is 2. The molecule has 1 aromatic carbocycles. The van der Waals surface area contributed by atoms with Gasteiger partial charge in [0, 0.05) is 24.3 Å². The van der Waals surface area contributed by atoms with Crippen molar-refractivity contribution in [3.05, 3.63) is 51.7 Å². The summed E-state index contributed by atoms with van der Waals surface area (Å²) in [7, 11) is 0. The third kappa shape index (κ3) is 4.17. The van der Waals surface area contributed by atoms with Crippen LogP contribution >= 0.6 is 34.5 Å². The van der Waals surface area contributed by atoms with Gasteiger partial charge in [0.2, 0.25) is 11.8 Å². The van der Waals surface area contributed by atoms with Gasteiger partial charge in [0.25, 0.3) is 0 Å². The molecule has 0 saturated heterocycles. The van der Waals surface area contributed by atoms with Crippen LogP contribution in [0.25, 0.3) is 4.96 Å². The number of carbonyl (C=O) groups excluding carboxylic acids is 2. The van der Waals surface area contributed by atoms with Crippen molar-refractivity contribution in [2.75, 3.05) is 18.4 Å². The van der Waals surface area contributed by atoms with Crippen LogP contribution in [0, 0.1) is 0 Å². The first-order chi connectivity index (χ1) is 12.5. The van der Waals surface area contributed by atoms with E-state index in [9.17, 15) is 9.59 Å². The van der Waals surface area contributed by atoms with E-state index in [1.165, 1.54) is 16.2 Å². The molecular formula is C17H16Cl2N4O2S. The average Bonchev–Trinajstić information content (AvgIpc) is 3.17. The Bertz CT molecular complexity index is 905. The van der Waals surface area contributed by atoms with Gasteiger partial charge in [-0.2, -0.15) is 0 Å². The number of nitrogens with zero attached hydrogens (tertiary/aromatic N) is 3. The number of para-hydroxylation sites is 1. The number of thiazole rings is 1. The van der Waals surface area contributed by atoms with Gasteiger partial charge in [0.1, 0.15) is 0 Å². The molecule has 0 aliphatic rings. The van der Waals surface area contributed by atoms with Crippen LogP contribution in [0.4, 0.5) is 5.69 Å². The second-order valence-corrected chi connectivity index (χ2v) is 7.24. The second-order valence-electron chi connectivity index (χ2n) is 5.55. The van der Waals surface area contributed by atoms with Crippen LogP contribution in [0.5, 0.6) is 0 Å². The normalized spacial score (nSPS) is 10.9. The van der Waals surface area contributed by atoms with Gasteiger partial charge in [0.15, 0.2) is 4.96 Å². The summed E-state index contributed by atoms with van der Waals surface area (Å²) >= 11 is 13.6. The van der Waals surface area contributed by atoms with Crippen molar-refractivity contribution < 1.29 is 9.59 Å². The highest BCUT2D eigenvalue weighted by atomic mass is 35.5. The van der Waals surface area contributed by atoms with Crippen LogP contribution in [0.2, 0.25) is 10.0 Å². The topological polar surface area (TPSA) is 66.7 Å². The molecule has 0 atom stereocenters. The van der Waals surface area contributed by atoms with Gasteiger partial charge in [0.05, 0.1) is 34.4 Å². The van der Waals surface area contributed by atoms with E-state index in [1.807, 2.05) is 29.1 Å². The lowest BCUT2D eigenvalue weighted by Gasteiger charge is -2.20. The Balaban J connectivity index is 1.63. The molecule has 6 nitrogen and oxygen atoms in total. The van der Waals surface area contributed by atoms with E-state index in [2.05, 4.69) is 10.3 Å². The fourth-order valence-electron chi connectivity index (χ4n) is 2.47. The number of carbonyl (C=O) groups is 2. The molecule has 0 saturated carbocycles. The van der Waals surface area contributed by atoms with E-state index in [0.717, 1.165) is 4.96 Å². The summed E-state index contributed by atoms with van der Waals surface area (Å²) in [6.45, 7) is 2.14. The van der Waals surface area contributed by atoms with Crippen LogP contribution < -0.4 is 5.32 Å². The van der Waals surface area contributed by atoms with E-state index in [1.54, 1.807) is 18.2 Å². The molecule has 2 aromatic heterocycles. The zero-order valence-corrected chi connectivity index (χ0v) is 16.2. The minimum absolute atomic E-state index is 0.0842. The van der Waals surface area contributed by atoms with Crippen molar-refractivity contribution in [1.29, 1.82) is 0 Å². The van der Waals surface area contributed by atoms with Crippen LogP contribution in [0.1, 0.15) is 12.6 Å². The van der Waals surface area contributed by atoms with Crippen LogP contribution in [0.3, 0.4) is 0 Å². The molecule has 2 amide bonds. The largest absolute Gasteiger partial charge is 0.333 e. The molecule has 1 N–H and O–H groups in total. The highest BCUT2D eigenvalue weighted by molar-refractivity contribution is 7.15. The van der Waals surface area contributed by atoms with Crippen LogP contribution in [-0.2, 0) is 16.0 Å². The van der Waals surface area contributed by atoms with Crippen molar-refractivity contribution in [2.45, 2.75) is 13.3 Å². The lowest BCUT2D eigenvalue weighted by Crippen LogP contribution is -2.38. The smallest absolute Gasteiger partial charge is 0.244 e. The van der Waals surface area contributed by atoms with Gasteiger partial charge in [-0.15, -0.1) is 11.3 Å². The van der Waals surface area contributed by atoms with Gasteiger partial charge < -0.3 is 10.2 Å². The minimum Gasteiger partial charge on any atom is -0.333 e. The van der Waals surface area contributed by atoms with Crippen molar-refractivity contribution in [3.8, 4) is 0 Å². The van der Waals surface area contributed by atoms with Gasteiger partial charge in [-0.05, 0) is 19.1 Å². The number of rotatable bonds is 6. The molecule has 0 radical (unpaired) electrons. The zero-order chi connectivity index (χ0) is 18.7. The first-order valence-electron chi connectivity index (χ1n) is 7.90. The summed E-state index contributed by atoms with van der Waals surface area (Å²) in [5, 5.41) is 5.28. The van der Waals surface area contributed by atoms with Crippen molar-refractivity contribution in [3.63, 3.8) is 0 Å². The van der Waals surface area contributed by atoms with Gasteiger partial charge >= 0.3 is 0 Å². The number of nitrogens with one attached hydrogen (secondary N) is 1. The van der Waals surface area contributed by atoms with Gasteiger partial charge in [-0.25, -0.2) is 4.98 Å². The van der Waals surface area contributed by atoms with Crippen LogP contribution in [-0.4, -0.2) is 39.2 Å². The molecule has 0 unspecified atom stereocenters. The van der Waals surface area contributed by atoms with E-state index >= 15 is 0 Å². The second kappa shape index (κ2) is 8.07. The number of hydrogen-bond acceptors (Lipinski definition) is 4. The number of likely N-dealkylation sites (N-methyl/N-ethyl adjacent to an activating group) is 1. The third-order valence-corrected chi connectivity index (χ3v) is 5.17. The minimum atomic E-state index is -0.360. The van der Waals surface area contributed by atoms with Crippen LogP contribution in [0.15, 0.2) is 36.0 Å². The molecule has 9 heteroatoms. The van der Waals surface area contributed by atoms with Crippen molar-refractivity contribution in [2.24, 2.45) is 0 Å². The monoisotopic (exact) mass is 410 g/mol. The quantitative estimate of drug-likeness (QED) is 0.672. The van der Waals surface area contributed by atoms with E-state index in [4.69, 9.17) is 23.2 Å². The molecule has 0 aliphatic carbocycles. The van der Waals surface area contributed by atoms with Crippen molar-refractivity contribution >= 4 is 57.0 Å². The number of anilines is 1. The Morgan fingerprint density at radius 1 is 1.31 bits per heavy atom. The summed E-state index contributed by atoms with van der Waals surface area (Å²) in [5.74, 6) is -0.528. The Labute approximate surface area is 164 Å². The number of benzene rings is 1. The fourth-order valence-corrected chi connectivity index (χ4v) is 3.68. The number of aromatic nitrogens is 2. The zero-order valence-electron chi connectivity index (χ0n) is 13.9. The van der Waals surface area contributed by atoms with E-state index in [-0.39, 0.29) is 24.8 Å². The predicted molar refractivity (Wildman–Crippen MR) is 104 cm³/mol. The summed E-state index contributed by atoms with van der Waals surface area (Å²) in [5.41, 5.74) is 1.02. The van der Waals surface area contributed by atoms with E-state index in [0.29, 0.717) is 28.0 Å². The Kier molecular flexibility index (Phi) is 5.80.